The Labute approximate surface area is 151 Å². The summed E-state index contributed by atoms with van der Waals surface area (Å²) < 4.78 is 15.9. The van der Waals surface area contributed by atoms with Crippen molar-refractivity contribution in [3.05, 3.63) is 0 Å². The highest BCUT2D eigenvalue weighted by molar-refractivity contribution is 7.80. The summed E-state index contributed by atoms with van der Waals surface area (Å²) in [6, 6.07) is 0. The predicted octanol–water partition coefficient (Wildman–Crippen LogP) is 0.681. The minimum Gasteiger partial charge on any atom is -0.378 e. The van der Waals surface area contributed by atoms with Crippen molar-refractivity contribution in [1.82, 2.24) is 9.80 Å². The molecule has 0 saturated carbocycles. The molecule has 0 fully saturated rings. The zero-order valence-electron chi connectivity index (χ0n) is 15.3. The first-order valence-electron chi connectivity index (χ1n) is 8.30. The van der Waals surface area contributed by atoms with Gasteiger partial charge in [0.05, 0.1) is 19.8 Å². The molecule has 0 rings (SSSR count). The molecule has 0 saturated heterocycles. The Morgan fingerprint density at radius 2 is 1.67 bits per heavy atom. The molecule has 0 heterocycles. The van der Waals surface area contributed by atoms with Crippen molar-refractivity contribution >= 4 is 24.4 Å². The fourth-order valence-electron chi connectivity index (χ4n) is 1.78. The first-order chi connectivity index (χ1) is 11.4. The standard InChI is InChI=1S/C16H32N2O5S/c1-5-8-22-13-15(19)17(3)6-7-18(4)16(20)14(2)23-10-9-21-11-12-24/h14,24H,5-13H2,1-4H3. The lowest BCUT2D eigenvalue weighted by molar-refractivity contribution is -0.143. The number of thiol groups is 1. The van der Waals surface area contributed by atoms with Crippen molar-refractivity contribution in [3.63, 3.8) is 0 Å². The third-order valence-corrected chi connectivity index (χ3v) is 3.51. The second kappa shape index (κ2) is 14.5. The fourth-order valence-corrected chi connectivity index (χ4v) is 1.91. The van der Waals surface area contributed by atoms with Crippen LogP contribution in [0.25, 0.3) is 0 Å². The molecule has 7 nitrogen and oxygen atoms in total. The van der Waals surface area contributed by atoms with Crippen LogP contribution in [-0.2, 0) is 23.8 Å². The van der Waals surface area contributed by atoms with Crippen LogP contribution in [0.15, 0.2) is 0 Å². The van der Waals surface area contributed by atoms with E-state index in [9.17, 15) is 9.59 Å². The highest BCUT2D eigenvalue weighted by Gasteiger charge is 2.19. The Morgan fingerprint density at radius 1 is 1.00 bits per heavy atom. The van der Waals surface area contributed by atoms with Crippen LogP contribution < -0.4 is 0 Å². The molecule has 0 aliphatic carbocycles. The third kappa shape index (κ3) is 10.9. The molecule has 1 unspecified atom stereocenters. The minimum atomic E-state index is -0.538. The molecular formula is C16H32N2O5S. The van der Waals surface area contributed by atoms with Crippen molar-refractivity contribution in [3.8, 4) is 0 Å². The van der Waals surface area contributed by atoms with Gasteiger partial charge in [-0.05, 0) is 13.3 Å². The Balaban J connectivity index is 3.96. The van der Waals surface area contributed by atoms with E-state index in [1.165, 1.54) is 0 Å². The summed E-state index contributed by atoms with van der Waals surface area (Å²) in [5.41, 5.74) is 0. The van der Waals surface area contributed by atoms with E-state index in [-0.39, 0.29) is 18.4 Å². The van der Waals surface area contributed by atoms with Crippen LogP contribution in [0.4, 0.5) is 0 Å². The first-order valence-corrected chi connectivity index (χ1v) is 8.94. The Bertz CT molecular complexity index is 357. The number of nitrogens with zero attached hydrogens (tertiary/aromatic N) is 2. The summed E-state index contributed by atoms with van der Waals surface area (Å²) in [7, 11) is 3.40. The van der Waals surface area contributed by atoms with Gasteiger partial charge in [-0.1, -0.05) is 6.92 Å². The number of carbonyl (C=O) groups is 2. The number of likely N-dealkylation sites (N-methyl/N-ethyl adjacent to an activating group) is 2. The quantitative estimate of drug-likeness (QED) is 0.363. The highest BCUT2D eigenvalue weighted by atomic mass is 32.1. The lowest BCUT2D eigenvalue weighted by Gasteiger charge is -2.24. The van der Waals surface area contributed by atoms with Gasteiger partial charge in [-0.15, -0.1) is 0 Å². The Kier molecular flexibility index (Phi) is 14.0. The Morgan fingerprint density at radius 3 is 2.29 bits per heavy atom. The topological polar surface area (TPSA) is 68.3 Å². The summed E-state index contributed by atoms with van der Waals surface area (Å²) in [5.74, 6) is 0.453. The molecule has 24 heavy (non-hydrogen) atoms. The summed E-state index contributed by atoms with van der Waals surface area (Å²) >= 11 is 4.04. The molecule has 1 atom stereocenters. The van der Waals surface area contributed by atoms with Gasteiger partial charge in [0, 0.05) is 39.5 Å². The SMILES string of the molecule is CCCOCC(=O)N(C)CCN(C)C(=O)C(C)OCCOCCS. The van der Waals surface area contributed by atoms with Crippen LogP contribution in [0.1, 0.15) is 20.3 Å². The number of hydrogen-bond acceptors (Lipinski definition) is 6. The smallest absolute Gasteiger partial charge is 0.251 e. The molecule has 142 valence electrons. The maximum Gasteiger partial charge on any atom is 0.251 e. The zero-order chi connectivity index (χ0) is 18.4. The van der Waals surface area contributed by atoms with Gasteiger partial charge in [-0.2, -0.15) is 12.6 Å². The van der Waals surface area contributed by atoms with Gasteiger partial charge < -0.3 is 24.0 Å². The van der Waals surface area contributed by atoms with Crippen molar-refractivity contribution in [2.24, 2.45) is 0 Å². The van der Waals surface area contributed by atoms with Crippen molar-refractivity contribution < 1.29 is 23.8 Å². The van der Waals surface area contributed by atoms with Crippen molar-refractivity contribution in [1.29, 1.82) is 0 Å². The van der Waals surface area contributed by atoms with Crippen LogP contribution in [0.3, 0.4) is 0 Å². The van der Waals surface area contributed by atoms with Gasteiger partial charge in [-0.3, -0.25) is 9.59 Å². The lowest BCUT2D eigenvalue weighted by Crippen LogP contribution is -2.42. The lowest BCUT2D eigenvalue weighted by atomic mass is 10.3. The van der Waals surface area contributed by atoms with Gasteiger partial charge in [0.25, 0.3) is 5.91 Å². The molecule has 0 radical (unpaired) electrons. The van der Waals surface area contributed by atoms with E-state index in [4.69, 9.17) is 14.2 Å². The maximum atomic E-state index is 12.2. The van der Waals surface area contributed by atoms with Crippen molar-refractivity contribution in [2.75, 3.05) is 66.0 Å². The average molecular weight is 365 g/mol. The number of carbonyl (C=O) groups excluding carboxylic acids is 2. The third-order valence-electron chi connectivity index (χ3n) is 3.33. The summed E-state index contributed by atoms with van der Waals surface area (Å²) in [5, 5.41) is 0. The molecule has 0 aromatic rings. The molecule has 0 N–H and O–H groups in total. The van der Waals surface area contributed by atoms with E-state index in [0.29, 0.717) is 45.3 Å². The van der Waals surface area contributed by atoms with Gasteiger partial charge in [0.15, 0.2) is 0 Å². The number of hydrogen-bond donors (Lipinski definition) is 1. The van der Waals surface area contributed by atoms with E-state index in [1.807, 2.05) is 6.92 Å². The molecule has 2 amide bonds. The summed E-state index contributed by atoms with van der Waals surface area (Å²) in [6.45, 7) is 6.62. The normalized spacial score (nSPS) is 12.0. The maximum absolute atomic E-state index is 12.2. The molecule has 0 aromatic carbocycles. The fraction of sp³-hybridized carbons (Fsp3) is 0.875. The molecule has 0 aliphatic heterocycles. The van der Waals surface area contributed by atoms with Gasteiger partial charge in [0.1, 0.15) is 12.7 Å². The van der Waals surface area contributed by atoms with Gasteiger partial charge in [-0.25, -0.2) is 0 Å². The van der Waals surface area contributed by atoms with Crippen LogP contribution in [-0.4, -0.2) is 93.7 Å². The number of amides is 2. The predicted molar refractivity (Wildman–Crippen MR) is 96.5 cm³/mol. The van der Waals surface area contributed by atoms with E-state index in [1.54, 1.807) is 30.8 Å². The zero-order valence-corrected chi connectivity index (χ0v) is 16.2. The molecule has 8 heteroatoms. The monoisotopic (exact) mass is 364 g/mol. The van der Waals surface area contributed by atoms with Gasteiger partial charge in [0.2, 0.25) is 5.91 Å². The van der Waals surface area contributed by atoms with E-state index < -0.39 is 6.10 Å². The van der Waals surface area contributed by atoms with Gasteiger partial charge >= 0.3 is 0 Å². The van der Waals surface area contributed by atoms with Crippen LogP contribution >= 0.6 is 12.6 Å². The molecule has 0 aliphatic rings. The average Bonchev–Trinajstić information content (AvgIpc) is 2.58. The molecular weight excluding hydrogens is 332 g/mol. The number of ether oxygens (including phenoxy) is 3. The molecule has 0 bridgehead atoms. The van der Waals surface area contributed by atoms with Crippen molar-refractivity contribution in [2.45, 2.75) is 26.4 Å². The summed E-state index contributed by atoms with van der Waals surface area (Å²) in [6.07, 6.45) is 0.342. The largest absolute Gasteiger partial charge is 0.378 e. The number of rotatable bonds is 14. The van der Waals surface area contributed by atoms with Crippen LogP contribution in [0, 0.1) is 0 Å². The van der Waals surface area contributed by atoms with Crippen LogP contribution in [0.5, 0.6) is 0 Å². The van der Waals surface area contributed by atoms with E-state index in [0.717, 1.165) is 6.42 Å². The second-order valence-electron chi connectivity index (χ2n) is 5.48. The van der Waals surface area contributed by atoms with E-state index in [2.05, 4.69) is 12.6 Å². The molecule has 0 aromatic heterocycles. The second-order valence-corrected chi connectivity index (χ2v) is 5.92. The van der Waals surface area contributed by atoms with E-state index >= 15 is 0 Å². The summed E-state index contributed by atoms with van der Waals surface area (Å²) in [4.78, 5) is 27.1. The highest BCUT2D eigenvalue weighted by Crippen LogP contribution is 1.99. The molecule has 0 spiro atoms. The minimum absolute atomic E-state index is 0.0772. The first kappa shape index (κ1) is 23.2. The van der Waals surface area contributed by atoms with Crippen LogP contribution in [0.2, 0.25) is 0 Å². The Hall–Kier alpha value is -0.830.